The molecule has 1 amide bonds. The first-order valence-corrected chi connectivity index (χ1v) is 6.38. The molecule has 0 aliphatic rings. The molecule has 0 aliphatic heterocycles. The van der Waals surface area contributed by atoms with E-state index >= 15 is 0 Å². The van der Waals surface area contributed by atoms with Gasteiger partial charge in [-0.3, -0.25) is 4.79 Å². The molecule has 0 saturated carbocycles. The number of amides is 1. The van der Waals surface area contributed by atoms with Gasteiger partial charge in [-0.2, -0.15) is 0 Å². The van der Waals surface area contributed by atoms with Gasteiger partial charge < -0.3 is 10.6 Å². The minimum Gasteiger partial charge on any atom is -0.398 e. The van der Waals surface area contributed by atoms with Gasteiger partial charge in [0.05, 0.1) is 11.6 Å². The third-order valence-electron chi connectivity index (χ3n) is 3.45. The van der Waals surface area contributed by atoms with Crippen molar-refractivity contribution < 1.29 is 9.18 Å². The fourth-order valence-electron chi connectivity index (χ4n) is 2.08. The van der Waals surface area contributed by atoms with Gasteiger partial charge in [-0.05, 0) is 25.1 Å². The number of anilines is 1. The minimum atomic E-state index is -0.372. The molecular weight excluding hydrogens is 255 g/mol. The van der Waals surface area contributed by atoms with Crippen molar-refractivity contribution in [2.45, 2.75) is 13.0 Å². The Bertz CT molecular complexity index is 627. The summed E-state index contributed by atoms with van der Waals surface area (Å²) in [5.74, 6) is -0.542. The summed E-state index contributed by atoms with van der Waals surface area (Å²) in [7, 11) is 1.64. The quantitative estimate of drug-likeness (QED) is 0.872. The highest BCUT2D eigenvalue weighted by Gasteiger charge is 2.22. The molecule has 0 heterocycles. The molecule has 1 unspecified atom stereocenters. The van der Waals surface area contributed by atoms with Gasteiger partial charge in [0.1, 0.15) is 5.82 Å². The summed E-state index contributed by atoms with van der Waals surface area (Å²) in [6.45, 7) is 1.79. The minimum absolute atomic E-state index is 0.223. The van der Waals surface area contributed by atoms with E-state index in [0.717, 1.165) is 0 Å². The number of rotatable bonds is 3. The molecule has 0 aromatic heterocycles. The smallest absolute Gasteiger partial charge is 0.256 e. The summed E-state index contributed by atoms with van der Waals surface area (Å²) >= 11 is 0. The van der Waals surface area contributed by atoms with Crippen molar-refractivity contribution in [1.82, 2.24) is 4.90 Å². The third kappa shape index (κ3) is 2.64. The average Bonchev–Trinajstić information content (AvgIpc) is 2.46. The van der Waals surface area contributed by atoms with Crippen molar-refractivity contribution in [2.24, 2.45) is 0 Å². The summed E-state index contributed by atoms with van der Waals surface area (Å²) in [6, 6.07) is 12.9. The van der Waals surface area contributed by atoms with Gasteiger partial charge in [-0.25, -0.2) is 4.39 Å². The fourth-order valence-corrected chi connectivity index (χ4v) is 2.08. The molecular formula is C16H17FN2O. The lowest BCUT2D eigenvalue weighted by Gasteiger charge is -2.26. The number of nitrogens with two attached hydrogens (primary N) is 1. The molecule has 0 fully saturated rings. The number of hydrogen-bond acceptors (Lipinski definition) is 2. The molecule has 0 aliphatic carbocycles. The van der Waals surface area contributed by atoms with Gasteiger partial charge in [0.25, 0.3) is 5.91 Å². The maximum absolute atomic E-state index is 13.8. The molecule has 3 nitrogen and oxygen atoms in total. The summed E-state index contributed by atoms with van der Waals surface area (Å²) in [6.07, 6.45) is 0. The van der Waals surface area contributed by atoms with Gasteiger partial charge in [0, 0.05) is 18.3 Å². The van der Waals surface area contributed by atoms with E-state index in [1.807, 2.05) is 0 Å². The molecule has 0 spiro atoms. The van der Waals surface area contributed by atoms with Crippen molar-refractivity contribution in [1.29, 1.82) is 0 Å². The Kier molecular flexibility index (Phi) is 4.03. The second kappa shape index (κ2) is 5.74. The summed E-state index contributed by atoms with van der Waals surface area (Å²) < 4.78 is 13.8. The molecule has 0 bridgehead atoms. The van der Waals surface area contributed by atoms with Gasteiger partial charge in [0.2, 0.25) is 0 Å². The normalized spacial score (nSPS) is 11.9. The van der Waals surface area contributed by atoms with Gasteiger partial charge in [-0.15, -0.1) is 0 Å². The predicted octanol–water partition coefficient (Wildman–Crippen LogP) is 3.24. The van der Waals surface area contributed by atoms with Crippen LogP contribution in [0.4, 0.5) is 10.1 Å². The predicted molar refractivity (Wildman–Crippen MR) is 77.8 cm³/mol. The lowest BCUT2D eigenvalue weighted by atomic mass is 10.1. The lowest BCUT2D eigenvalue weighted by Crippen LogP contribution is -2.30. The van der Waals surface area contributed by atoms with E-state index in [1.54, 1.807) is 56.4 Å². The van der Waals surface area contributed by atoms with Gasteiger partial charge >= 0.3 is 0 Å². The molecule has 2 N–H and O–H groups in total. The Morgan fingerprint density at radius 2 is 1.75 bits per heavy atom. The second-order valence-corrected chi connectivity index (χ2v) is 4.70. The number of benzene rings is 2. The van der Waals surface area contributed by atoms with E-state index in [1.165, 1.54) is 11.0 Å². The zero-order valence-corrected chi connectivity index (χ0v) is 11.5. The number of carbonyl (C=O) groups excluding carboxylic acids is 1. The van der Waals surface area contributed by atoms with E-state index in [9.17, 15) is 9.18 Å². The van der Waals surface area contributed by atoms with Crippen LogP contribution in [0.15, 0.2) is 48.5 Å². The third-order valence-corrected chi connectivity index (χ3v) is 3.45. The van der Waals surface area contributed by atoms with Crippen LogP contribution in [-0.4, -0.2) is 17.9 Å². The average molecular weight is 272 g/mol. The molecule has 0 radical (unpaired) electrons. The zero-order chi connectivity index (χ0) is 14.7. The number of nitrogen functional groups attached to an aromatic ring is 1. The number of hydrogen-bond donors (Lipinski definition) is 1. The zero-order valence-electron chi connectivity index (χ0n) is 11.5. The maximum Gasteiger partial charge on any atom is 0.256 e. The Morgan fingerprint density at radius 1 is 1.15 bits per heavy atom. The first kappa shape index (κ1) is 14.1. The van der Waals surface area contributed by atoms with Crippen LogP contribution in [0.1, 0.15) is 28.9 Å². The molecule has 2 aromatic carbocycles. The van der Waals surface area contributed by atoms with Crippen molar-refractivity contribution in [3.05, 3.63) is 65.5 Å². The first-order valence-electron chi connectivity index (χ1n) is 6.38. The fraction of sp³-hybridized carbons (Fsp3) is 0.188. The van der Waals surface area contributed by atoms with Crippen molar-refractivity contribution >= 4 is 11.6 Å². The summed E-state index contributed by atoms with van der Waals surface area (Å²) in [4.78, 5) is 13.9. The van der Waals surface area contributed by atoms with Crippen LogP contribution in [0.2, 0.25) is 0 Å². The van der Waals surface area contributed by atoms with Crippen LogP contribution in [0.3, 0.4) is 0 Å². The second-order valence-electron chi connectivity index (χ2n) is 4.70. The van der Waals surface area contributed by atoms with Crippen molar-refractivity contribution in [3.63, 3.8) is 0 Å². The van der Waals surface area contributed by atoms with Crippen LogP contribution in [0, 0.1) is 5.82 Å². The van der Waals surface area contributed by atoms with E-state index < -0.39 is 0 Å². The Labute approximate surface area is 117 Å². The molecule has 2 aromatic rings. The molecule has 4 heteroatoms. The highest BCUT2D eigenvalue weighted by atomic mass is 19.1. The molecule has 1 atom stereocenters. The molecule has 2 rings (SSSR count). The van der Waals surface area contributed by atoms with Gasteiger partial charge in [0.15, 0.2) is 0 Å². The largest absolute Gasteiger partial charge is 0.398 e. The standard InChI is InChI=1S/C16H17FN2O/c1-11(12-7-3-5-9-14(12)17)19(2)16(20)13-8-4-6-10-15(13)18/h3-11H,18H2,1-2H3. The topological polar surface area (TPSA) is 46.3 Å². The Morgan fingerprint density at radius 3 is 2.40 bits per heavy atom. The monoisotopic (exact) mass is 272 g/mol. The van der Waals surface area contributed by atoms with Crippen molar-refractivity contribution in [3.8, 4) is 0 Å². The van der Waals surface area contributed by atoms with Crippen molar-refractivity contribution in [2.75, 3.05) is 12.8 Å². The summed E-state index contributed by atoms with van der Waals surface area (Å²) in [5.41, 5.74) is 7.14. The number of carbonyl (C=O) groups is 1. The van der Waals surface area contributed by atoms with Crippen LogP contribution in [0.25, 0.3) is 0 Å². The number of para-hydroxylation sites is 1. The first-order chi connectivity index (χ1) is 9.52. The number of halogens is 1. The van der Waals surface area contributed by atoms with E-state index in [0.29, 0.717) is 16.8 Å². The maximum atomic E-state index is 13.8. The Hall–Kier alpha value is -2.36. The highest BCUT2D eigenvalue weighted by molar-refractivity contribution is 5.99. The van der Waals surface area contributed by atoms with Crippen LogP contribution in [0.5, 0.6) is 0 Å². The van der Waals surface area contributed by atoms with Crippen LogP contribution < -0.4 is 5.73 Å². The van der Waals surface area contributed by atoms with E-state index in [4.69, 9.17) is 5.73 Å². The summed E-state index contributed by atoms with van der Waals surface area (Å²) in [5, 5.41) is 0. The highest BCUT2D eigenvalue weighted by Crippen LogP contribution is 2.24. The Balaban J connectivity index is 2.28. The SMILES string of the molecule is CC(c1ccccc1F)N(C)C(=O)c1ccccc1N. The number of nitrogens with zero attached hydrogens (tertiary/aromatic N) is 1. The molecule has 20 heavy (non-hydrogen) atoms. The van der Waals surface area contributed by atoms with Gasteiger partial charge in [-0.1, -0.05) is 30.3 Å². The molecule has 104 valence electrons. The van der Waals surface area contributed by atoms with Crippen LogP contribution in [-0.2, 0) is 0 Å². The lowest BCUT2D eigenvalue weighted by molar-refractivity contribution is 0.0741. The van der Waals surface area contributed by atoms with E-state index in [2.05, 4.69) is 0 Å². The van der Waals surface area contributed by atoms with E-state index in [-0.39, 0.29) is 17.8 Å². The van der Waals surface area contributed by atoms with Crippen LogP contribution >= 0.6 is 0 Å². The molecule has 0 saturated heterocycles.